The van der Waals surface area contributed by atoms with E-state index in [0.29, 0.717) is 11.9 Å². The molecular weight excluding hydrogens is 124 g/mol. The fourth-order valence-corrected chi connectivity index (χ4v) is 0.231. The van der Waals surface area contributed by atoms with Gasteiger partial charge in [-0.3, -0.25) is 4.79 Å². The Morgan fingerprint density at radius 2 is 1.90 bits per heavy atom. The van der Waals surface area contributed by atoms with Gasteiger partial charge < -0.3 is 0 Å². The molecule has 0 N–H and O–H groups in total. The Balaban J connectivity index is 0. The van der Waals surface area contributed by atoms with Gasteiger partial charge in [0.25, 0.3) is 0 Å². The molecule has 0 atom stereocenters. The van der Waals surface area contributed by atoms with Crippen molar-refractivity contribution >= 4 is 6.29 Å². The second-order valence-corrected chi connectivity index (χ2v) is 1.29. The largest absolute Gasteiger partial charge is 0.298 e. The molecule has 0 saturated carbocycles. The van der Waals surface area contributed by atoms with Crippen LogP contribution in [-0.2, 0) is 4.79 Å². The first kappa shape index (κ1) is 11.7. The summed E-state index contributed by atoms with van der Waals surface area (Å²) in [4.78, 5) is 9.83. The Morgan fingerprint density at radius 3 is 2.20 bits per heavy atom. The summed E-state index contributed by atoms with van der Waals surface area (Å²) >= 11 is 0. The fraction of sp³-hybridized carbons (Fsp3) is 0.222. The van der Waals surface area contributed by atoms with Crippen molar-refractivity contribution in [2.45, 2.75) is 13.8 Å². The van der Waals surface area contributed by atoms with E-state index in [4.69, 9.17) is 0 Å². The van der Waals surface area contributed by atoms with E-state index in [1.54, 1.807) is 18.2 Å². The number of rotatable bonds is 3. The van der Waals surface area contributed by atoms with Crippen LogP contribution in [0.4, 0.5) is 0 Å². The van der Waals surface area contributed by atoms with Gasteiger partial charge in [-0.2, -0.15) is 0 Å². The van der Waals surface area contributed by atoms with Crippen LogP contribution in [0.2, 0.25) is 0 Å². The van der Waals surface area contributed by atoms with E-state index < -0.39 is 0 Å². The van der Waals surface area contributed by atoms with Crippen molar-refractivity contribution in [3.8, 4) is 0 Å². The Hall–Kier alpha value is -1.11. The van der Waals surface area contributed by atoms with E-state index in [1.165, 1.54) is 0 Å². The summed E-state index contributed by atoms with van der Waals surface area (Å²) in [6.45, 7) is 10.8. The molecule has 0 rings (SSSR count). The lowest BCUT2D eigenvalue weighted by atomic mass is 10.3. The monoisotopic (exact) mass is 138 g/mol. The standard InChI is InChI=1S/C7H8O.C2H6/c1-3-4-5-7(2)6-8;1-2/h3-6H,1-2H2;1-2H3/b5-4-;. The lowest BCUT2D eigenvalue weighted by Gasteiger charge is -1.76. The van der Waals surface area contributed by atoms with Gasteiger partial charge >= 0.3 is 0 Å². The third-order valence-electron chi connectivity index (χ3n) is 0.598. The van der Waals surface area contributed by atoms with Crippen molar-refractivity contribution < 1.29 is 4.79 Å². The normalized spacial score (nSPS) is 7.80. The molecule has 0 amide bonds. The molecule has 0 aromatic rings. The molecule has 0 spiro atoms. The topological polar surface area (TPSA) is 17.1 Å². The highest BCUT2D eigenvalue weighted by Crippen LogP contribution is 1.85. The number of aldehydes is 1. The van der Waals surface area contributed by atoms with E-state index in [-0.39, 0.29) is 0 Å². The molecule has 56 valence electrons. The molecular formula is C9H14O. The number of hydrogen-bond acceptors (Lipinski definition) is 1. The van der Waals surface area contributed by atoms with Crippen molar-refractivity contribution in [1.29, 1.82) is 0 Å². The summed E-state index contributed by atoms with van der Waals surface area (Å²) in [5, 5.41) is 0. The molecule has 0 unspecified atom stereocenters. The number of carbonyl (C=O) groups is 1. The van der Waals surface area contributed by atoms with E-state index >= 15 is 0 Å². The average Bonchev–Trinajstić information content (AvgIpc) is 2.04. The molecule has 0 fully saturated rings. The minimum Gasteiger partial charge on any atom is -0.298 e. The highest BCUT2D eigenvalue weighted by Gasteiger charge is 1.75. The molecule has 0 aliphatic heterocycles. The lowest BCUT2D eigenvalue weighted by Crippen LogP contribution is -1.70. The van der Waals surface area contributed by atoms with Gasteiger partial charge in [-0.15, -0.1) is 0 Å². The number of allylic oxidation sites excluding steroid dienone is 4. The third kappa shape index (κ3) is 10.00. The molecule has 0 aromatic heterocycles. The zero-order valence-corrected chi connectivity index (χ0v) is 6.63. The van der Waals surface area contributed by atoms with Crippen LogP contribution in [-0.4, -0.2) is 6.29 Å². The van der Waals surface area contributed by atoms with E-state index in [1.807, 2.05) is 13.8 Å². The van der Waals surface area contributed by atoms with Crippen LogP contribution in [0.25, 0.3) is 0 Å². The Bertz CT molecular complexity index is 132. The van der Waals surface area contributed by atoms with E-state index in [9.17, 15) is 4.79 Å². The first-order valence-corrected chi connectivity index (χ1v) is 3.24. The second kappa shape index (κ2) is 10.8. The van der Waals surface area contributed by atoms with Gasteiger partial charge in [0.05, 0.1) is 0 Å². The van der Waals surface area contributed by atoms with Crippen LogP contribution < -0.4 is 0 Å². The second-order valence-electron chi connectivity index (χ2n) is 1.29. The molecule has 1 heteroatoms. The zero-order chi connectivity index (χ0) is 8.41. The number of hydrogen-bond donors (Lipinski definition) is 0. The lowest BCUT2D eigenvalue weighted by molar-refractivity contribution is -0.104. The van der Waals surface area contributed by atoms with Crippen LogP contribution in [0, 0.1) is 0 Å². The van der Waals surface area contributed by atoms with Gasteiger partial charge in [-0.1, -0.05) is 45.2 Å². The van der Waals surface area contributed by atoms with Crippen LogP contribution >= 0.6 is 0 Å². The summed E-state index contributed by atoms with van der Waals surface area (Å²) in [6.07, 6.45) is 5.55. The summed E-state index contributed by atoms with van der Waals surface area (Å²) in [5.41, 5.74) is 0.463. The molecule has 0 aliphatic carbocycles. The summed E-state index contributed by atoms with van der Waals surface area (Å²) in [6, 6.07) is 0. The first-order valence-electron chi connectivity index (χ1n) is 3.24. The Morgan fingerprint density at radius 1 is 1.40 bits per heavy atom. The van der Waals surface area contributed by atoms with E-state index in [0.717, 1.165) is 0 Å². The number of carbonyl (C=O) groups excluding carboxylic acids is 1. The quantitative estimate of drug-likeness (QED) is 0.332. The fourth-order valence-electron chi connectivity index (χ4n) is 0.231. The van der Waals surface area contributed by atoms with Crippen LogP contribution in [0.1, 0.15) is 13.8 Å². The molecule has 0 aromatic carbocycles. The van der Waals surface area contributed by atoms with Crippen molar-refractivity contribution in [3.63, 3.8) is 0 Å². The average molecular weight is 138 g/mol. The molecule has 0 heterocycles. The highest BCUT2D eigenvalue weighted by molar-refractivity contribution is 5.76. The van der Waals surface area contributed by atoms with Gasteiger partial charge in [0, 0.05) is 5.57 Å². The van der Waals surface area contributed by atoms with Crippen LogP contribution in [0.3, 0.4) is 0 Å². The van der Waals surface area contributed by atoms with Crippen molar-refractivity contribution in [1.82, 2.24) is 0 Å². The summed E-state index contributed by atoms with van der Waals surface area (Å²) < 4.78 is 0. The molecule has 0 aliphatic rings. The Labute approximate surface area is 62.8 Å². The van der Waals surface area contributed by atoms with Gasteiger partial charge in [-0.25, -0.2) is 0 Å². The maximum Gasteiger partial charge on any atom is 0.149 e. The van der Waals surface area contributed by atoms with E-state index in [2.05, 4.69) is 13.2 Å². The molecule has 10 heavy (non-hydrogen) atoms. The Kier molecular flexibility index (Phi) is 12.6. The van der Waals surface area contributed by atoms with Crippen molar-refractivity contribution in [2.75, 3.05) is 0 Å². The highest BCUT2D eigenvalue weighted by atomic mass is 16.1. The summed E-state index contributed by atoms with van der Waals surface area (Å²) in [5.74, 6) is 0. The predicted octanol–water partition coefficient (Wildman–Crippen LogP) is 2.51. The van der Waals surface area contributed by atoms with Crippen molar-refractivity contribution in [2.24, 2.45) is 0 Å². The molecule has 0 bridgehead atoms. The minimum atomic E-state index is 0.463. The molecule has 1 nitrogen and oxygen atoms in total. The van der Waals surface area contributed by atoms with Gasteiger partial charge in [-0.05, 0) is 0 Å². The zero-order valence-electron chi connectivity index (χ0n) is 6.63. The molecule has 0 radical (unpaired) electrons. The third-order valence-corrected chi connectivity index (χ3v) is 0.598. The first-order chi connectivity index (χ1) is 4.81. The van der Waals surface area contributed by atoms with Gasteiger partial charge in [0.1, 0.15) is 6.29 Å². The van der Waals surface area contributed by atoms with Crippen LogP contribution in [0.5, 0.6) is 0 Å². The predicted molar refractivity (Wildman–Crippen MR) is 45.9 cm³/mol. The maximum absolute atomic E-state index is 9.83. The van der Waals surface area contributed by atoms with Crippen molar-refractivity contribution in [3.05, 3.63) is 37.0 Å². The molecule has 0 saturated heterocycles. The smallest absolute Gasteiger partial charge is 0.149 e. The maximum atomic E-state index is 9.83. The summed E-state index contributed by atoms with van der Waals surface area (Å²) in [7, 11) is 0. The van der Waals surface area contributed by atoms with Gasteiger partial charge in [0.15, 0.2) is 0 Å². The SMILES string of the molecule is C=C/C=C\C(=C)C=O.CC. The van der Waals surface area contributed by atoms with Crippen LogP contribution in [0.15, 0.2) is 37.0 Å². The minimum absolute atomic E-state index is 0.463. The van der Waals surface area contributed by atoms with Gasteiger partial charge in [0.2, 0.25) is 0 Å².